The summed E-state index contributed by atoms with van der Waals surface area (Å²) in [7, 11) is 2.82. The summed E-state index contributed by atoms with van der Waals surface area (Å²) in [6, 6.07) is 29.7. The Morgan fingerprint density at radius 1 is 0.574 bits per heavy atom. The third-order valence-corrected chi connectivity index (χ3v) is 9.72. The Kier molecular flexibility index (Phi) is 11.5. The number of anilines is 2. The maximum Gasteiger partial charge on any atom is 0.259 e. The van der Waals surface area contributed by atoms with Gasteiger partial charge in [-0.25, -0.2) is 0 Å². The summed E-state index contributed by atoms with van der Waals surface area (Å²) in [5, 5.41) is 47.4. The van der Waals surface area contributed by atoms with Crippen LogP contribution in [0.4, 0.5) is 34.1 Å². The molecule has 0 aliphatic heterocycles. The van der Waals surface area contributed by atoms with Gasteiger partial charge in [-0.15, -0.1) is 20.5 Å². The quantitative estimate of drug-likeness (QED) is 0.0644. The fraction of sp³-hybridized carbons (Fsp3) is 0.0455. The molecule has 61 heavy (non-hydrogen) atoms. The van der Waals surface area contributed by atoms with Crippen molar-refractivity contribution in [2.45, 2.75) is 0 Å². The first-order valence-electron chi connectivity index (χ1n) is 18.1. The molecule has 304 valence electrons. The Bertz CT molecular complexity index is 3010. The van der Waals surface area contributed by atoms with Crippen molar-refractivity contribution in [3.63, 3.8) is 0 Å². The maximum absolute atomic E-state index is 13.9. The van der Waals surface area contributed by atoms with E-state index in [1.165, 1.54) is 80.9 Å². The molecule has 0 aliphatic carbocycles. The Morgan fingerprint density at radius 3 is 1.49 bits per heavy atom. The lowest BCUT2D eigenvalue weighted by molar-refractivity contribution is 0.0992. The van der Waals surface area contributed by atoms with Crippen LogP contribution in [0.5, 0.6) is 23.0 Å². The fourth-order valence-corrected chi connectivity index (χ4v) is 6.49. The highest BCUT2D eigenvalue weighted by molar-refractivity contribution is 6.34. The monoisotopic (exact) mass is 836 g/mol. The van der Waals surface area contributed by atoms with Crippen LogP contribution in [-0.4, -0.2) is 48.1 Å². The van der Waals surface area contributed by atoms with E-state index in [4.69, 9.17) is 32.5 Å². The highest BCUT2D eigenvalue weighted by Gasteiger charge is 2.22. The molecule has 16 nitrogen and oxygen atoms in total. The molecule has 0 unspecified atom stereocenters. The molecule has 17 heteroatoms. The summed E-state index contributed by atoms with van der Waals surface area (Å²) in [4.78, 5) is 51.3. The first-order chi connectivity index (χ1) is 29.4. The molecule has 0 bridgehead atoms. The van der Waals surface area contributed by atoms with E-state index < -0.39 is 35.1 Å². The van der Waals surface area contributed by atoms with Crippen LogP contribution in [0.3, 0.4) is 0 Å². The molecular formula is C44H33ClN8O8. The number of amides is 4. The van der Waals surface area contributed by atoms with Gasteiger partial charge >= 0.3 is 0 Å². The van der Waals surface area contributed by atoms with Gasteiger partial charge in [0, 0.05) is 27.6 Å². The number of azo groups is 2. The van der Waals surface area contributed by atoms with Crippen LogP contribution in [0.1, 0.15) is 41.4 Å². The van der Waals surface area contributed by atoms with Gasteiger partial charge < -0.3 is 41.8 Å². The van der Waals surface area contributed by atoms with Crippen molar-refractivity contribution >= 4 is 90.9 Å². The molecule has 0 aromatic heterocycles. The largest absolute Gasteiger partial charge is 0.505 e. The molecule has 0 saturated carbocycles. The summed E-state index contributed by atoms with van der Waals surface area (Å²) in [5.74, 6) is -3.35. The van der Waals surface area contributed by atoms with E-state index in [1.807, 2.05) is 0 Å². The second-order valence-corrected chi connectivity index (χ2v) is 13.6. The average Bonchev–Trinajstić information content (AvgIpc) is 3.26. The molecule has 7 aromatic rings. The normalized spacial score (nSPS) is 11.3. The van der Waals surface area contributed by atoms with Gasteiger partial charge in [0.05, 0.1) is 36.1 Å². The number of fused-ring (bicyclic) bond motifs is 2. The van der Waals surface area contributed by atoms with Crippen LogP contribution < -0.4 is 31.6 Å². The zero-order valence-corrected chi connectivity index (χ0v) is 32.9. The van der Waals surface area contributed by atoms with Crippen molar-refractivity contribution in [3.8, 4) is 23.0 Å². The smallest absolute Gasteiger partial charge is 0.259 e. The van der Waals surface area contributed by atoms with E-state index in [9.17, 15) is 29.4 Å². The molecule has 7 aromatic carbocycles. The van der Waals surface area contributed by atoms with E-state index in [2.05, 4.69) is 31.1 Å². The number of primary amides is 2. The second-order valence-electron chi connectivity index (χ2n) is 13.2. The number of hydrogen-bond acceptors (Lipinski definition) is 12. The van der Waals surface area contributed by atoms with E-state index in [1.54, 1.807) is 48.5 Å². The van der Waals surface area contributed by atoms with Crippen molar-refractivity contribution in [3.05, 3.63) is 143 Å². The summed E-state index contributed by atoms with van der Waals surface area (Å²) in [5.41, 5.74) is 11.3. The molecule has 0 atom stereocenters. The van der Waals surface area contributed by atoms with Crippen molar-refractivity contribution in [1.29, 1.82) is 0 Å². The van der Waals surface area contributed by atoms with Crippen LogP contribution >= 0.6 is 11.6 Å². The van der Waals surface area contributed by atoms with E-state index >= 15 is 0 Å². The number of rotatable bonds is 12. The Balaban J connectivity index is 1.18. The Morgan fingerprint density at radius 2 is 1.03 bits per heavy atom. The molecule has 0 fully saturated rings. The number of halogens is 1. The highest BCUT2D eigenvalue weighted by atomic mass is 35.5. The molecule has 0 heterocycles. The van der Waals surface area contributed by atoms with Crippen molar-refractivity contribution in [2.24, 2.45) is 31.9 Å². The molecule has 0 aliphatic rings. The number of phenols is 2. The number of nitrogens with two attached hydrogens (primary N) is 2. The maximum atomic E-state index is 13.9. The Hall–Kier alpha value is -8.37. The topological polar surface area (TPSA) is 253 Å². The number of phenolic OH excluding ortho intramolecular Hbond substituents is 2. The van der Waals surface area contributed by atoms with Gasteiger partial charge in [-0.2, -0.15) is 0 Å². The van der Waals surface area contributed by atoms with Crippen LogP contribution in [-0.2, 0) is 0 Å². The minimum absolute atomic E-state index is 0.0359. The third-order valence-electron chi connectivity index (χ3n) is 9.39. The molecule has 4 amide bonds. The van der Waals surface area contributed by atoms with Gasteiger partial charge in [0.15, 0.2) is 11.5 Å². The number of benzene rings is 7. The first kappa shape index (κ1) is 40.8. The number of methoxy groups -OCH3 is 2. The van der Waals surface area contributed by atoms with Gasteiger partial charge in [-0.1, -0.05) is 60.1 Å². The first-order valence-corrected chi connectivity index (χ1v) is 18.5. The lowest BCUT2D eigenvalue weighted by Gasteiger charge is -2.14. The number of nitrogens with one attached hydrogen (secondary N) is 2. The van der Waals surface area contributed by atoms with Gasteiger partial charge in [0.2, 0.25) is 11.8 Å². The fourth-order valence-electron chi connectivity index (χ4n) is 6.32. The van der Waals surface area contributed by atoms with Crippen LogP contribution in [0.2, 0.25) is 5.02 Å². The van der Waals surface area contributed by atoms with Gasteiger partial charge in [0.25, 0.3) is 11.8 Å². The SMILES string of the molecule is COc1ccc(C(N)=O)cc1N=Nc1c(O)c(C(=O)Nc2ccc(Cl)c(NC(=O)c3cc4ccccc4c(N=Nc4cc(C(N)=O)ccc4OC)c3O)c2)cc2ccccc12. The summed E-state index contributed by atoms with van der Waals surface area (Å²) in [6.45, 7) is 0. The predicted octanol–water partition coefficient (Wildman–Crippen LogP) is 9.61. The average molecular weight is 837 g/mol. The van der Waals surface area contributed by atoms with Crippen LogP contribution in [0.15, 0.2) is 136 Å². The lowest BCUT2D eigenvalue weighted by Crippen LogP contribution is -2.15. The zero-order chi connectivity index (χ0) is 43.4. The summed E-state index contributed by atoms with van der Waals surface area (Å²) >= 11 is 6.51. The number of nitrogens with zero attached hydrogens (tertiary/aromatic N) is 4. The van der Waals surface area contributed by atoms with Gasteiger partial charge in [-0.05, 0) is 77.5 Å². The standard InChI is InChI=1S/C44H33ClN8O8/c1-60-35-15-11-24(41(46)56)19-33(35)50-52-37-27-9-5-3-7-22(27)17-29(39(37)54)43(58)48-26-13-14-31(45)32(21-26)49-44(59)30-18-23-8-4-6-10-28(23)38(40(30)55)53-51-34-20-25(42(47)57)12-16-36(34)61-2/h3-21,54-55H,1-2H3,(H2,46,56)(H2,47,57)(H,48,58)(H,49,59). The minimum Gasteiger partial charge on any atom is -0.505 e. The van der Waals surface area contributed by atoms with Crippen LogP contribution in [0, 0.1) is 0 Å². The van der Waals surface area contributed by atoms with E-state index in [0.29, 0.717) is 21.5 Å². The molecule has 7 rings (SSSR count). The molecule has 0 spiro atoms. The van der Waals surface area contributed by atoms with Crippen molar-refractivity contribution in [1.82, 2.24) is 0 Å². The molecule has 0 radical (unpaired) electrons. The van der Waals surface area contributed by atoms with Crippen molar-refractivity contribution in [2.75, 3.05) is 24.9 Å². The number of aromatic hydroxyl groups is 2. The predicted molar refractivity (Wildman–Crippen MR) is 230 cm³/mol. The minimum atomic E-state index is -0.779. The number of hydrogen-bond donors (Lipinski definition) is 6. The van der Waals surface area contributed by atoms with Gasteiger partial charge in [0.1, 0.15) is 34.2 Å². The second kappa shape index (κ2) is 17.2. The molecular weight excluding hydrogens is 804 g/mol. The summed E-state index contributed by atoms with van der Waals surface area (Å²) < 4.78 is 10.7. The lowest BCUT2D eigenvalue weighted by atomic mass is 10.0. The highest BCUT2D eigenvalue weighted by Crippen LogP contribution is 2.43. The van der Waals surface area contributed by atoms with E-state index in [0.717, 1.165) is 0 Å². The van der Waals surface area contributed by atoms with E-state index in [-0.39, 0.29) is 72.9 Å². The van der Waals surface area contributed by atoms with Crippen molar-refractivity contribution < 1.29 is 38.9 Å². The molecule has 8 N–H and O–H groups in total. The zero-order valence-electron chi connectivity index (χ0n) is 32.1. The number of carbonyl (C=O) groups is 4. The Labute approximate surface area is 351 Å². The number of ether oxygens (including phenoxy) is 2. The van der Waals surface area contributed by atoms with Gasteiger partial charge in [-0.3, -0.25) is 19.2 Å². The molecule has 0 saturated heterocycles. The van der Waals surface area contributed by atoms with Crippen LogP contribution in [0.25, 0.3) is 21.5 Å². The summed E-state index contributed by atoms with van der Waals surface area (Å²) in [6.07, 6.45) is 0. The third kappa shape index (κ3) is 8.46. The number of carbonyl (C=O) groups excluding carboxylic acids is 4.